The Morgan fingerprint density at radius 3 is 2.65 bits per heavy atom. The Bertz CT molecular complexity index is 685. The molecule has 0 fully saturated rings. The third-order valence-corrected chi connectivity index (χ3v) is 5.52. The molecule has 0 saturated heterocycles. The molecule has 0 spiro atoms. The van der Waals surface area contributed by atoms with E-state index in [0.29, 0.717) is 13.0 Å². The first kappa shape index (κ1) is 20.8. The number of fused-ring (bicyclic) bond motifs is 1. The summed E-state index contributed by atoms with van der Waals surface area (Å²) in [5, 5.41) is 0. The molecule has 0 saturated carbocycles. The van der Waals surface area contributed by atoms with E-state index in [1.54, 1.807) is 0 Å². The molecule has 122 valence electrons. The Morgan fingerprint density at radius 2 is 2.04 bits per heavy atom. The fraction of sp³-hybridized carbons (Fsp3) is 0.588. The van der Waals surface area contributed by atoms with Crippen LogP contribution in [0, 0.1) is 6.07 Å². The maximum Gasteiger partial charge on any atom is 1.00 e. The number of hydrogen-bond acceptors (Lipinski definition) is 3. The van der Waals surface area contributed by atoms with Gasteiger partial charge in [-0.3, -0.25) is 0 Å². The van der Waals surface area contributed by atoms with E-state index in [1.807, 2.05) is 18.2 Å². The number of nitrogens with zero attached hydrogens (tertiary/aromatic N) is 1. The van der Waals surface area contributed by atoms with Crippen LogP contribution in [0.4, 0.5) is 5.69 Å². The van der Waals surface area contributed by atoms with Gasteiger partial charge in [0.1, 0.15) is 12.2 Å². The van der Waals surface area contributed by atoms with E-state index in [2.05, 4.69) is 31.4 Å². The van der Waals surface area contributed by atoms with Crippen molar-refractivity contribution < 1.29 is 47.1 Å². The van der Waals surface area contributed by atoms with Gasteiger partial charge in [0.15, 0.2) is 5.71 Å². The van der Waals surface area contributed by atoms with Crippen molar-refractivity contribution in [1.29, 1.82) is 0 Å². The first-order chi connectivity index (χ1) is 10.3. The fourth-order valence-corrected chi connectivity index (χ4v) is 3.79. The van der Waals surface area contributed by atoms with Crippen molar-refractivity contribution >= 4 is 21.5 Å². The van der Waals surface area contributed by atoms with Crippen molar-refractivity contribution in [3.63, 3.8) is 0 Å². The maximum atomic E-state index is 10.8. The van der Waals surface area contributed by atoms with Crippen LogP contribution in [0.1, 0.15) is 52.0 Å². The number of hydrogen-bond donors (Lipinski definition) is 0. The predicted octanol–water partition coefficient (Wildman–Crippen LogP) is -0.00751. The summed E-state index contributed by atoms with van der Waals surface area (Å²) in [6.45, 7) is 7.10. The van der Waals surface area contributed by atoms with Gasteiger partial charge in [0.25, 0.3) is 0 Å². The Hall–Kier alpha value is -0.200. The van der Waals surface area contributed by atoms with Crippen LogP contribution in [0.3, 0.4) is 0 Å². The zero-order chi connectivity index (χ0) is 16.4. The van der Waals surface area contributed by atoms with Crippen molar-refractivity contribution in [3.8, 4) is 0 Å². The quantitative estimate of drug-likeness (QED) is 0.302. The molecule has 6 heteroatoms. The van der Waals surface area contributed by atoms with E-state index < -0.39 is 10.1 Å². The second kappa shape index (κ2) is 8.26. The van der Waals surface area contributed by atoms with Gasteiger partial charge in [0.05, 0.1) is 10.1 Å². The van der Waals surface area contributed by atoms with Crippen molar-refractivity contribution in [3.05, 3.63) is 29.8 Å². The third kappa shape index (κ3) is 4.67. The van der Waals surface area contributed by atoms with Gasteiger partial charge in [0.2, 0.25) is 0 Å². The van der Waals surface area contributed by atoms with E-state index in [9.17, 15) is 13.0 Å². The van der Waals surface area contributed by atoms with E-state index >= 15 is 0 Å². The third-order valence-electron chi connectivity index (χ3n) is 4.74. The smallest absolute Gasteiger partial charge is 0.748 e. The van der Waals surface area contributed by atoms with Crippen LogP contribution < -0.4 is 29.6 Å². The molecule has 4 nitrogen and oxygen atoms in total. The Morgan fingerprint density at radius 1 is 1.35 bits per heavy atom. The van der Waals surface area contributed by atoms with Crippen molar-refractivity contribution in [2.24, 2.45) is 0 Å². The molecule has 1 aromatic carbocycles. The second-order valence-electron chi connectivity index (χ2n) is 6.23. The van der Waals surface area contributed by atoms with Crippen molar-refractivity contribution in [1.82, 2.24) is 0 Å². The van der Waals surface area contributed by atoms with Crippen LogP contribution in [0.25, 0.3) is 0 Å². The van der Waals surface area contributed by atoms with Gasteiger partial charge in [-0.1, -0.05) is 32.3 Å². The molecule has 0 aromatic heterocycles. The summed E-state index contributed by atoms with van der Waals surface area (Å²) in [4.78, 5) is 0. The zero-order valence-corrected chi connectivity index (χ0v) is 17.4. The predicted molar refractivity (Wildman–Crippen MR) is 86.8 cm³/mol. The molecule has 1 aliphatic rings. The molecule has 0 amide bonds. The molecule has 0 N–H and O–H groups in total. The Labute approximate surface area is 162 Å². The number of unbranched alkanes of at least 4 members (excludes halogenated alkanes) is 1. The van der Waals surface area contributed by atoms with Gasteiger partial charge in [-0.05, 0) is 6.42 Å². The number of benzene rings is 1. The molecule has 1 heterocycles. The minimum absolute atomic E-state index is 0. The van der Waals surface area contributed by atoms with Crippen molar-refractivity contribution in [2.75, 3.05) is 12.3 Å². The van der Waals surface area contributed by atoms with Gasteiger partial charge in [-0.25, -0.2) is 13.0 Å². The normalized spacial score (nSPS) is 20.3. The number of rotatable bonds is 7. The van der Waals surface area contributed by atoms with Crippen molar-refractivity contribution in [2.45, 2.75) is 51.9 Å². The minimum atomic E-state index is -4.15. The Balaban J connectivity index is 0.00000264. The summed E-state index contributed by atoms with van der Waals surface area (Å²) in [6.07, 6.45) is 3.70. The first-order valence-electron chi connectivity index (χ1n) is 7.85. The summed E-state index contributed by atoms with van der Waals surface area (Å²) in [5.41, 5.74) is 3.59. The van der Waals surface area contributed by atoms with E-state index in [0.717, 1.165) is 24.9 Å². The molecule has 0 aliphatic carbocycles. The molecule has 1 unspecified atom stereocenters. The van der Waals surface area contributed by atoms with E-state index in [1.165, 1.54) is 11.3 Å². The summed E-state index contributed by atoms with van der Waals surface area (Å²) < 4.78 is 34.6. The van der Waals surface area contributed by atoms with Gasteiger partial charge in [-0.15, -0.1) is 6.07 Å². The molecule has 2 rings (SSSR count). The monoisotopic (exact) mass is 345 g/mol. The van der Waals surface area contributed by atoms with Gasteiger partial charge in [-0.2, -0.15) is 18.2 Å². The van der Waals surface area contributed by atoms with Gasteiger partial charge < -0.3 is 4.55 Å². The molecule has 0 radical (unpaired) electrons. The summed E-state index contributed by atoms with van der Waals surface area (Å²) >= 11 is 0. The van der Waals surface area contributed by atoms with Crippen LogP contribution in [-0.4, -0.2) is 35.6 Å². The average Bonchev–Trinajstić information content (AvgIpc) is 2.67. The summed E-state index contributed by atoms with van der Waals surface area (Å²) in [5.74, 6) is -0.309. The van der Waals surface area contributed by atoms with Crippen LogP contribution in [0.5, 0.6) is 0 Å². The fourth-order valence-electron chi connectivity index (χ4n) is 3.31. The topological polar surface area (TPSA) is 60.2 Å². The molecule has 1 aromatic rings. The first-order valence-corrected chi connectivity index (χ1v) is 9.43. The molecule has 1 aliphatic heterocycles. The van der Waals surface area contributed by atoms with E-state index in [-0.39, 0.29) is 40.7 Å². The molecular formula is C17H24NNaO3S. The summed E-state index contributed by atoms with van der Waals surface area (Å²) in [7, 11) is -4.15. The molecule has 23 heavy (non-hydrogen) atoms. The minimum Gasteiger partial charge on any atom is -0.748 e. The SMILES string of the molecule is CCCCC1(C)C(C)=[N+](CCCS(=O)(=O)[O-])c2cc[c-]cc21.[Na+]. The van der Waals surface area contributed by atoms with Gasteiger partial charge in [0, 0.05) is 24.5 Å². The average molecular weight is 345 g/mol. The molecular weight excluding hydrogens is 321 g/mol. The maximum absolute atomic E-state index is 10.8. The van der Waals surface area contributed by atoms with Gasteiger partial charge >= 0.3 is 29.6 Å². The standard InChI is InChI=1S/C17H25NO3S.Na/c1-4-5-11-17(3)14(2)18(12-8-13-22(19,20)21)16-10-7-6-9-15(16)17;/h7,9-10H,4-5,8,11-13H2,1-3H3,(H,19,20,21);/q;+1/p-1. The van der Waals surface area contributed by atoms with E-state index in [4.69, 9.17) is 0 Å². The second-order valence-corrected chi connectivity index (χ2v) is 7.75. The summed E-state index contributed by atoms with van der Waals surface area (Å²) in [6, 6.07) is 9.11. The van der Waals surface area contributed by atoms with Crippen LogP contribution in [0.15, 0.2) is 18.2 Å². The van der Waals surface area contributed by atoms with Crippen LogP contribution in [-0.2, 0) is 15.5 Å². The molecule has 1 atom stereocenters. The van der Waals surface area contributed by atoms with Crippen LogP contribution >= 0.6 is 0 Å². The van der Waals surface area contributed by atoms with Crippen LogP contribution in [0.2, 0.25) is 0 Å². The molecule has 0 bridgehead atoms. The largest absolute Gasteiger partial charge is 1.00 e. The Kier molecular flexibility index (Phi) is 7.48. The zero-order valence-electron chi connectivity index (χ0n) is 14.6.